The monoisotopic (exact) mass is 311 g/mol. The maximum Gasteiger partial charge on any atom is 0.305 e. The highest BCUT2D eigenvalue weighted by molar-refractivity contribution is 6.32. The van der Waals surface area contributed by atoms with Crippen LogP contribution in [0.5, 0.6) is 11.5 Å². The molecule has 3 rings (SSSR count). The van der Waals surface area contributed by atoms with Crippen molar-refractivity contribution in [1.29, 1.82) is 0 Å². The molecule has 5 nitrogen and oxygen atoms in total. The van der Waals surface area contributed by atoms with Crippen molar-refractivity contribution < 1.29 is 19.4 Å². The highest BCUT2D eigenvalue weighted by Gasteiger charge is 2.28. The fraction of sp³-hybridized carbons (Fsp3) is 0.533. The van der Waals surface area contributed by atoms with Gasteiger partial charge in [0.05, 0.1) is 11.4 Å². The molecule has 2 aliphatic rings. The molecular formula is C15H18ClNO4. The zero-order valence-corrected chi connectivity index (χ0v) is 12.4. The van der Waals surface area contributed by atoms with Gasteiger partial charge in [0.15, 0.2) is 11.5 Å². The first-order chi connectivity index (χ1) is 10.1. The van der Waals surface area contributed by atoms with Gasteiger partial charge in [0, 0.05) is 6.04 Å². The van der Waals surface area contributed by atoms with Gasteiger partial charge in [-0.05, 0) is 43.6 Å². The SMILES string of the molecule is O=C(O)CC(c1cc(Cl)c2c(c1)OCCO2)N1CCCC1. The predicted octanol–water partition coefficient (Wildman–Crippen LogP) is 2.72. The van der Waals surface area contributed by atoms with Gasteiger partial charge in [-0.2, -0.15) is 0 Å². The van der Waals surface area contributed by atoms with Gasteiger partial charge >= 0.3 is 5.97 Å². The van der Waals surface area contributed by atoms with E-state index in [4.69, 9.17) is 21.1 Å². The van der Waals surface area contributed by atoms with Crippen LogP contribution < -0.4 is 9.47 Å². The quantitative estimate of drug-likeness (QED) is 0.926. The van der Waals surface area contributed by atoms with Crippen molar-refractivity contribution in [2.75, 3.05) is 26.3 Å². The van der Waals surface area contributed by atoms with Gasteiger partial charge in [-0.1, -0.05) is 11.6 Å². The second-order valence-corrected chi connectivity index (χ2v) is 5.79. The molecule has 2 heterocycles. The Morgan fingerprint density at radius 1 is 1.29 bits per heavy atom. The van der Waals surface area contributed by atoms with Crippen molar-refractivity contribution >= 4 is 17.6 Å². The highest BCUT2D eigenvalue weighted by Crippen LogP contribution is 2.41. The second-order valence-electron chi connectivity index (χ2n) is 5.38. The normalized spacial score (nSPS) is 19.5. The van der Waals surface area contributed by atoms with E-state index >= 15 is 0 Å². The number of carboxylic acid groups (broad SMARTS) is 1. The molecule has 1 N–H and O–H groups in total. The van der Waals surface area contributed by atoms with Crippen LogP contribution in [-0.4, -0.2) is 42.3 Å². The van der Waals surface area contributed by atoms with E-state index in [0.717, 1.165) is 31.5 Å². The molecule has 0 radical (unpaired) electrons. The Labute approximate surface area is 128 Å². The number of ether oxygens (including phenoxy) is 2. The van der Waals surface area contributed by atoms with Gasteiger partial charge in [-0.25, -0.2) is 0 Å². The van der Waals surface area contributed by atoms with Gasteiger partial charge in [-0.3, -0.25) is 9.69 Å². The van der Waals surface area contributed by atoms with Gasteiger partial charge in [0.2, 0.25) is 0 Å². The largest absolute Gasteiger partial charge is 0.486 e. The van der Waals surface area contributed by atoms with Crippen LogP contribution in [0.1, 0.15) is 30.9 Å². The maximum absolute atomic E-state index is 11.2. The molecule has 0 bridgehead atoms. The number of likely N-dealkylation sites (tertiary alicyclic amines) is 1. The first-order valence-corrected chi connectivity index (χ1v) is 7.58. The third-order valence-electron chi connectivity index (χ3n) is 3.95. The Kier molecular flexibility index (Phi) is 4.22. The molecule has 0 aliphatic carbocycles. The molecule has 114 valence electrons. The number of benzene rings is 1. The lowest BCUT2D eigenvalue weighted by atomic mass is 10.0. The number of halogens is 1. The number of rotatable bonds is 4. The Balaban J connectivity index is 1.94. The lowest BCUT2D eigenvalue weighted by Gasteiger charge is -2.28. The van der Waals surface area contributed by atoms with Crippen molar-refractivity contribution in [3.8, 4) is 11.5 Å². The number of nitrogens with zero attached hydrogens (tertiary/aromatic N) is 1. The molecule has 0 amide bonds. The molecule has 1 saturated heterocycles. The van der Waals surface area contributed by atoms with E-state index in [-0.39, 0.29) is 12.5 Å². The first-order valence-electron chi connectivity index (χ1n) is 7.20. The topological polar surface area (TPSA) is 59.0 Å². The number of hydrogen-bond acceptors (Lipinski definition) is 4. The summed E-state index contributed by atoms with van der Waals surface area (Å²) in [5, 5.41) is 9.68. The van der Waals surface area contributed by atoms with E-state index in [2.05, 4.69) is 4.90 Å². The van der Waals surface area contributed by atoms with Crippen LogP contribution in [0.2, 0.25) is 5.02 Å². The number of fused-ring (bicyclic) bond motifs is 1. The summed E-state index contributed by atoms with van der Waals surface area (Å²) < 4.78 is 11.1. The summed E-state index contributed by atoms with van der Waals surface area (Å²) in [5.41, 5.74) is 0.883. The molecule has 1 fully saturated rings. The smallest absolute Gasteiger partial charge is 0.305 e. The average molecular weight is 312 g/mol. The highest BCUT2D eigenvalue weighted by atomic mass is 35.5. The Morgan fingerprint density at radius 3 is 2.71 bits per heavy atom. The molecule has 0 aromatic heterocycles. The van der Waals surface area contributed by atoms with E-state index in [9.17, 15) is 9.90 Å². The van der Waals surface area contributed by atoms with Crippen molar-refractivity contribution in [3.05, 3.63) is 22.7 Å². The summed E-state index contributed by atoms with van der Waals surface area (Å²) in [6.07, 6.45) is 2.28. The van der Waals surface area contributed by atoms with E-state index in [1.54, 1.807) is 6.07 Å². The van der Waals surface area contributed by atoms with E-state index in [0.29, 0.717) is 29.7 Å². The zero-order valence-electron chi connectivity index (χ0n) is 11.7. The summed E-state index contributed by atoms with van der Waals surface area (Å²) in [5.74, 6) is 0.360. The van der Waals surface area contributed by atoms with Gasteiger partial charge < -0.3 is 14.6 Å². The molecule has 0 spiro atoms. The van der Waals surface area contributed by atoms with Crippen molar-refractivity contribution in [3.63, 3.8) is 0 Å². The van der Waals surface area contributed by atoms with Crippen LogP contribution in [0.4, 0.5) is 0 Å². The number of carboxylic acids is 1. The molecule has 1 aromatic carbocycles. The van der Waals surface area contributed by atoms with Gasteiger partial charge in [-0.15, -0.1) is 0 Å². The summed E-state index contributed by atoms with van der Waals surface area (Å²) in [7, 11) is 0. The Bertz CT molecular complexity index is 543. The molecule has 1 unspecified atom stereocenters. The second kappa shape index (κ2) is 6.12. The first kappa shape index (κ1) is 14.5. The number of hydrogen-bond donors (Lipinski definition) is 1. The zero-order chi connectivity index (χ0) is 14.8. The fourth-order valence-corrected chi connectivity index (χ4v) is 3.27. The molecule has 1 aromatic rings. The van der Waals surface area contributed by atoms with Crippen molar-refractivity contribution in [1.82, 2.24) is 4.90 Å². The maximum atomic E-state index is 11.2. The van der Waals surface area contributed by atoms with Crippen molar-refractivity contribution in [2.45, 2.75) is 25.3 Å². The van der Waals surface area contributed by atoms with Crippen LogP contribution in [0.25, 0.3) is 0 Å². The van der Waals surface area contributed by atoms with Crippen LogP contribution in [0.15, 0.2) is 12.1 Å². The number of carbonyl (C=O) groups is 1. The van der Waals surface area contributed by atoms with Crippen LogP contribution in [-0.2, 0) is 4.79 Å². The third kappa shape index (κ3) is 3.09. The molecule has 6 heteroatoms. The standard InChI is InChI=1S/C15H18ClNO4/c16-11-7-10(8-13-15(11)21-6-5-20-13)12(9-14(18)19)17-3-1-2-4-17/h7-8,12H,1-6,9H2,(H,18,19). The van der Waals surface area contributed by atoms with Crippen LogP contribution >= 0.6 is 11.6 Å². The Morgan fingerprint density at radius 2 is 2.00 bits per heavy atom. The molecule has 2 aliphatic heterocycles. The molecular weight excluding hydrogens is 294 g/mol. The molecule has 1 atom stereocenters. The van der Waals surface area contributed by atoms with E-state index < -0.39 is 5.97 Å². The Hall–Kier alpha value is -1.46. The number of aliphatic carboxylic acids is 1. The summed E-state index contributed by atoms with van der Waals surface area (Å²) in [6, 6.07) is 3.51. The van der Waals surface area contributed by atoms with Crippen LogP contribution in [0, 0.1) is 0 Å². The van der Waals surface area contributed by atoms with Crippen LogP contribution in [0.3, 0.4) is 0 Å². The minimum Gasteiger partial charge on any atom is -0.486 e. The third-order valence-corrected chi connectivity index (χ3v) is 4.23. The molecule has 21 heavy (non-hydrogen) atoms. The van der Waals surface area contributed by atoms with E-state index in [1.165, 1.54) is 0 Å². The van der Waals surface area contributed by atoms with Gasteiger partial charge in [0.1, 0.15) is 13.2 Å². The summed E-state index contributed by atoms with van der Waals surface area (Å²) >= 11 is 6.26. The minimum absolute atomic E-state index is 0.0654. The predicted molar refractivity (Wildman–Crippen MR) is 78.2 cm³/mol. The molecule has 0 saturated carbocycles. The lowest BCUT2D eigenvalue weighted by molar-refractivity contribution is -0.138. The van der Waals surface area contributed by atoms with Crippen molar-refractivity contribution in [2.24, 2.45) is 0 Å². The summed E-state index contributed by atoms with van der Waals surface area (Å²) in [4.78, 5) is 13.4. The average Bonchev–Trinajstić information content (AvgIpc) is 2.98. The van der Waals surface area contributed by atoms with Gasteiger partial charge in [0.25, 0.3) is 0 Å². The van der Waals surface area contributed by atoms with E-state index in [1.807, 2.05) is 6.07 Å². The summed E-state index contributed by atoms with van der Waals surface area (Å²) in [6.45, 7) is 2.81. The minimum atomic E-state index is -0.807. The fourth-order valence-electron chi connectivity index (χ4n) is 3.00. The lowest BCUT2D eigenvalue weighted by Crippen LogP contribution is -2.28.